The van der Waals surface area contributed by atoms with Crippen LogP contribution in [0.1, 0.15) is 32.6 Å². The summed E-state index contributed by atoms with van der Waals surface area (Å²) in [6.07, 6.45) is 5.62. The van der Waals surface area contributed by atoms with Gasteiger partial charge >= 0.3 is 0 Å². The van der Waals surface area contributed by atoms with Crippen molar-refractivity contribution in [2.24, 2.45) is 11.8 Å². The summed E-state index contributed by atoms with van der Waals surface area (Å²) in [5.41, 5.74) is 0. The normalized spacial score (nSPS) is 29.9. The lowest BCUT2D eigenvalue weighted by Gasteiger charge is -2.56. The lowest BCUT2D eigenvalue weighted by Crippen LogP contribution is -2.68. The number of fused-ring (bicyclic) bond motifs is 4. The maximum atomic E-state index is 12.8. The molecule has 9 heteroatoms. The van der Waals surface area contributed by atoms with E-state index in [-0.39, 0.29) is 48.2 Å². The Kier molecular flexibility index (Phi) is 5.58. The minimum atomic E-state index is -1.02. The maximum Gasteiger partial charge on any atom is 0.251 e. The molecule has 3 amide bonds. The summed E-state index contributed by atoms with van der Waals surface area (Å²) in [5.74, 6) is 0.0790. The van der Waals surface area contributed by atoms with Crippen LogP contribution in [0, 0.1) is 11.8 Å². The first-order valence-corrected chi connectivity index (χ1v) is 10.5. The van der Waals surface area contributed by atoms with E-state index in [1.54, 1.807) is 28.0 Å². The van der Waals surface area contributed by atoms with Crippen LogP contribution < -0.4 is 5.32 Å². The van der Waals surface area contributed by atoms with Crippen molar-refractivity contribution in [3.05, 3.63) is 18.5 Å². The monoisotopic (exact) mass is 403 g/mol. The second-order valence-electron chi connectivity index (χ2n) is 8.51. The molecule has 9 nitrogen and oxygen atoms in total. The molecule has 3 aliphatic heterocycles. The highest BCUT2D eigenvalue weighted by molar-refractivity contribution is 5.81. The maximum absolute atomic E-state index is 12.8. The van der Waals surface area contributed by atoms with Gasteiger partial charge in [-0.05, 0) is 44.1 Å². The second-order valence-corrected chi connectivity index (χ2v) is 8.51. The van der Waals surface area contributed by atoms with Gasteiger partial charge in [-0.25, -0.2) is 0 Å². The molecule has 158 valence electrons. The number of nitrogens with one attached hydrogen (secondary N) is 1. The van der Waals surface area contributed by atoms with Crippen molar-refractivity contribution in [3.63, 3.8) is 0 Å². The van der Waals surface area contributed by atoms with Gasteiger partial charge in [0.2, 0.25) is 11.8 Å². The van der Waals surface area contributed by atoms with E-state index in [1.807, 2.05) is 4.90 Å². The number of hydrogen-bond donors (Lipinski definition) is 2. The zero-order valence-electron chi connectivity index (χ0n) is 16.7. The first-order chi connectivity index (χ1) is 13.9. The molecule has 0 saturated carbocycles. The molecule has 3 aliphatic rings. The molecule has 0 radical (unpaired) electrons. The molecule has 0 spiro atoms. The van der Waals surface area contributed by atoms with Gasteiger partial charge in [0.15, 0.2) is 0 Å². The average Bonchev–Trinajstić information content (AvgIpc) is 3.20. The Morgan fingerprint density at radius 1 is 1.34 bits per heavy atom. The second kappa shape index (κ2) is 8.14. The molecular formula is C20H29N5O4. The smallest absolute Gasteiger partial charge is 0.251 e. The summed E-state index contributed by atoms with van der Waals surface area (Å²) in [7, 11) is 0. The highest BCUT2D eigenvalue weighted by Gasteiger charge is 2.50. The summed E-state index contributed by atoms with van der Waals surface area (Å²) in [6.45, 7) is 3.10. The van der Waals surface area contributed by atoms with Gasteiger partial charge in [-0.1, -0.05) is 0 Å². The van der Waals surface area contributed by atoms with Gasteiger partial charge in [0.25, 0.3) is 5.91 Å². The molecule has 0 unspecified atom stereocenters. The number of likely N-dealkylation sites (tertiary alicyclic amines) is 1. The lowest BCUT2D eigenvalue weighted by molar-refractivity contribution is -0.159. The number of aliphatic hydroxyl groups is 1. The third-order valence-electron chi connectivity index (χ3n) is 6.54. The van der Waals surface area contributed by atoms with Crippen molar-refractivity contribution in [1.82, 2.24) is 24.9 Å². The Bertz CT molecular complexity index is 765. The number of carbonyl (C=O) groups excluding carboxylic acids is 3. The first kappa shape index (κ1) is 19.9. The van der Waals surface area contributed by atoms with E-state index in [9.17, 15) is 19.5 Å². The third-order valence-corrected chi connectivity index (χ3v) is 6.54. The Labute approximate surface area is 170 Å². The molecule has 4 heterocycles. The average molecular weight is 403 g/mol. The van der Waals surface area contributed by atoms with E-state index >= 15 is 0 Å². The molecule has 5 atom stereocenters. The highest BCUT2D eigenvalue weighted by atomic mass is 16.3. The van der Waals surface area contributed by atoms with Crippen molar-refractivity contribution in [1.29, 1.82) is 0 Å². The molecule has 3 fully saturated rings. The predicted molar refractivity (Wildman–Crippen MR) is 103 cm³/mol. The van der Waals surface area contributed by atoms with Gasteiger partial charge in [-0.2, -0.15) is 5.10 Å². The van der Waals surface area contributed by atoms with Gasteiger partial charge in [-0.15, -0.1) is 0 Å². The van der Waals surface area contributed by atoms with Crippen LogP contribution in [0.3, 0.4) is 0 Å². The number of aliphatic hydroxyl groups excluding tert-OH is 1. The fourth-order valence-corrected chi connectivity index (χ4v) is 5.30. The molecular weight excluding hydrogens is 374 g/mol. The van der Waals surface area contributed by atoms with Crippen molar-refractivity contribution < 1.29 is 19.5 Å². The van der Waals surface area contributed by atoms with Crippen molar-refractivity contribution in [2.75, 3.05) is 19.6 Å². The van der Waals surface area contributed by atoms with Gasteiger partial charge in [0.1, 0.15) is 12.6 Å². The van der Waals surface area contributed by atoms with E-state index in [4.69, 9.17) is 0 Å². The molecule has 1 aromatic heterocycles. The number of nitrogens with zero attached hydrogens (tertiary/aromatic N) is 4. The Hall–Kier alpha value is -2.42. The number of hydrogen-bond acceptors (Lipinski definition) is 5. The van der Waals surface area contributed by atoms with Crippen LogP contribution in [0.4, 0.5) is 0 Å². The number of aromatic nitrogens is 2. The minimum absolute atomic E-state index is 0.0970. The topological polar surface area (TPSA) is 108 Å². The van der Waals surface area contributed by atoms with Crippen molar-refractivity contribution in [3.8, 4) is 0 Å². The van der Waals surface area contributed by atoms with Gasteiger partial charge in [0.05, 0.1) is 6.04 Å². The van der Waals surface area contributed by atoms with Gasteiger partial charge in [-0.3, -0.25) is 19.1 Å². The SMILES string of the molecule is C[C@H](O)C(=O)N1C[C@H]2C[C@@H](C1)[C@H](CNC(=O)Cn1cccn1)N1C(=O)CCC[C@@H]21. The van der Waals surface area contributed by atoms with Crippen molar-refractivity contribution in [2.45, 2.75) is 57.3 Å². The first-order valence-electron chi connectivity index (χ1n) is 10.5. The molecule has 2 bridgehead atoms. The van der Waals surface area contributed by atoms with Crippen LogP contribution in [-0.2, 0) is 20.9 Å². The molecule has 1 aromatic rings. The molecule has 29 heavy (non-hydrogen) atoms. The van der Waals surface area contributed by atoms with Crippen LogP contribution in [0.5, 0.6) is 0 Å². The fourth-order valence-electron chi connectivity index (χ4n) is 5.30. The van der Waals surface area contributed by atoms with Crippen LogP contribution >= 0.6 is 0 Å². The van der Waals surface area contributed by atoms with E-state index in [1.165, 1.54) is 6.92 Å². The number of rotatable bonds is 5. The summed E-state index contributed by atoms with van der Waals surface area (Å²) >= 11 is 0. The van der Waals surface area contributed by atoms with Crippen molar-refractivity contribution >= 4 is 17.7 Å². The van der Waals surface area contributed by atoms with Crippen LogP contribution in [0.2, 0.25) is 0 Å². The van der Waals surface area contributed by atoms with E-state index in [0.717, 1.165) is 19.3 Å². The molecule has 0 aromatic carbocycles. The van der Waals surface area contributed by atoms with E-state index < -0.39 is 6.10 Å². The fraction of sp³-hybridized carbons (Fsp3) is 0.700. The highest BCUT2D eigenvalue weighted by Crippen LogP contribution is 2.41. The number of carbonyl (C=O) groups is 3. The summed E-state index contributed by atoms with van der Waals surface area (Å²) in [6, 6.07) is 1.74. The van der Waals surface area contributed by atoms with Gasteiger partial charge < -0.3 is 20.2 Å². The lowest BCUT2D eigenvalue weighted by atomic mass is 9.72. The zero-order chi connectivity index (χ0) is 20.5. The standard InChI is InChI=1S/C20H29N5O4/c1-13(26)20(29)23-10-14-8-15(11-23)17(25-16(14)4-2-5-19(25)28)9-21-18(27)12-24-7-3-6-22-24/h3,6-7,13-17,26H,2,4-5,8-12H2,1H3,(H,21,27)/t13-,14+,15-,16-,17-/m0/s1. The van der Waals surface area contributed by atoms with Crippen LogP contribution in [0.15, 0.2) is 18.5 Å². The predicted octanol–water partition coefficient (Wildman–Crippen LogP) is -0.392. The van der Waals surface area contributed by atoms with E-state index in [2.05, 4.69) is 10.4 Å². The third kappa shape index (κ3) is 4.01. The Morgan fingerprint density at radius 2 is 2.14 bits per heavy atom. The van der Waals surface area contributed by atoms with E-state index in [0.29, 0.717) is 26.1 Å². The number of amides is 3. The number of piperidine rings is 3. The Balaban J connectivity index is 1.49. The molecule has 2 N–H and O–H groups in total. The molecule has 0 aliphatic carbocycles. The molecule has 4 rings (SSSR count). The van der Waals surface area contributed by atoms with Gasteiger partial charge in [0, 0.05) is 44.5 Å². The molecule has 3 saturated heterocycles. The summed E-state index contributed by atoms with van der Waals surface area (Å²) < 4.78 is 1.56. The zero-order valence-corrected chi connectivity index (χ0v) is 16.7. The Morgan fingerprint density at radius 3 is 2.86 bits per heavy atom. The largest absolute Gasteiger partial charge is 0.384 e. The minimum Gasteiger partial charge on any atom is -0.384 e. The van der Waals surface area contributed by atoms with Crippen LogP contribution in [0.25, 0.3) is 0 Å². The quantitative estimate of drug-likeness (QED) is 0.696. The summed E-state index contributed by atoms with van der Waals surface area (Å²) in [5, 5.41) is 16.8. The van der Waals surface area contributed by atoms with Crippen LogP contribution in [-0.4, -0.2) is 80.2 Å². The summed E-state index contributed by atoms with van der Waals surface area (Å²) in [4.78, 5) is 41.3.